The van der Waals surface area contributed by atoms with Crippen LogP contribution in [-0.2, 0) is 19.9 Å². The van der Waals surface area contributed by atoms with Crippen LogP contribution in [0.4, 0.5) is 0 Å². The molecule has 2 aromatic rings. The molecule has 3 atom stereocenters. The Morgan fingerprint density at radius 2 is 1.62 bits per heavy atom. The number of nitrogens with one attached hydrogen (secondary N) is 1. The number of ether oxygens (including phenoxy) is 1. The van der Waals surface area contributed by atoms with E-state index in [0.717, 1.165) is 47.9 Å². The molecule has 3 N–H and O–H groups in total. The third-order valence-electron chi connectivity index (χ3n) is 8.04. The quantitative estimate of drug-likeness (QED) is 0.578. The topological polar surface area (TPSA) is 95.9 Å². The Morgan fingerprint density at radius 3 is 2.18 bits per heavy atom. The maximum atomic E-state index is 13.8. The lowest BCUT2D eigenvalue weighted by Gasteiger charge is -2.55. The van der Waals surface area contributed by atoms with Crippen molar-refractivity contribution >= 4 is 11.9 Å². The van der Waals surface area contributed by atoms with Gasteiger partial charge in [0.25, 0.3) is 0 Å². The molecule has 1 amide bonds. The van der Waals surface area contributed by atoms with Crippen LogP contribution in [0.15, 0.2) is 48.5 Å². The van der Waals surface area contributed by atoms with Crippen molar-refractivity contribution in [3.8, 4) is 0 Å². The third-order valence-corrected chi connectivity index (χ3v) is 8.04. The predicted octanol–water partition coefficient (Wildman–Crippen LogP) is 3.94. The summed E-state index contributed by atoms with van der Waals surface area (Å²) in [6, 6.07) is 15.5. The van der Waals surface area contributed by atoms with Gasteiger partial charge in [-0.1, -0.05) is 74.7 Å². The van der Waals surface area contributed by atoms with E-state index in [1.807, 2.05) is 55.5 Å². The summed E-state index contributed by atoms with van der Waals surface area (Å²) in [7, 11) is 0. The zero-order valence-electron chi connectivity index (χ0n) is 19.6. The SMILES string of the molecule is CCC(O)COC12c3ccccc3C(c3ccccc31)C(C(=O)NC1CCCCC1)C2C(=O)O. The molecule has 0 spiro atoms. The summed E-state index contributed by atoms with van der Waals surface area (Å²) in [6.07, 6.45) is 4.96. The van der Waals surface area contributed by atoms with E-state index in [2.05, 4.69) is 5.32 Å². The molecule has 0 aromatic heterocycles. The molecule has 4 aliphatic rings. The molecule has 2 bridgehead atoms. The molecule has 1 saturated carbocycles. The molecule has 3 unspecified atom stereocenters. The zero-order chi connectivity index (χ0) is 23.9. The van der Waals surface area contributed by atoms with E-state index < -0.39 is 29.5 Å². The van der Waals surface area contributed by atoms with Gasteiger partial charge >= 0.3 is 5.97 Å². The zero-order valence-corrected chi connectivity index (χ0v) is 19.6. The first-order valence-electron chi connectivity index (χ1n) is 12.5. The van der Waals surface area contributed by atoms with Gasteiger partial charge < -0.3 is 20.3 Å². The van der Waals surface area contributed by atoms with Gasteiger partial charge in [-0.05, 0) is 41.5 Å². The summed E-state index contributed by atoms with van der Waals surface area (Å²) >= 11 is 0. The van der Waals surface area contributed by atoms with Gasteiger partial charge in [0.2, 0.25) is 5.91 Å². The Labute approximate surface area is 200 Å². The minimum Gasteiger partial charge on any atom is -0.481 e. The highest BCUT2D eigenvalue weighted by molar-refractivity contribution is 5.90. The lowest BCUT2D eigenvalue weighted by Crippen LogP contribution is -2.61. The number of carboxylic acid groups (broad SMARTS) is 1. The Morgan fingerprint density at radius 1 is 1.03 bits per heavy atom. The number of carbonyl (C=O) groups is 2. The first kappa shape index (κ1) is 23.1. The van der Waals surface area contributed by atoms with E-state index in [-0.39, 0.29) is 24.5 Å². The van der Waals surface area contributed by atoms with Gasteiger partial charge in [-0.25, -0.2) is 0 Å². The Hall–Kier alpha value is -2.70. The number of benzene rings is 2. The molecule has 6 rings (SSSR count). The van der Waals surface area contributed by atoms with Crippen LogP contribution >= 0.6 is 0 Å². The van der Waals surface area contributed by atoms with Crippen molar-refractivity contribution in [1.29, 1.82) is 0 Å². The van der Waals surface area contributed by atoms with Gasteiger partial charge in [0.05, 0.1) is 18.6 Å². The maximum Gasteiger partial charge on any atom is 0.311 e. The highest BCUT2D eigenvalue weighted by Crippen LogP contribution is 2.62. The molecule has 1 fully saturated rings. The van der Waals surface area contributed by atoms with Gasteiger partial charge in [0.1, 0.15) is 11.5 Å². The summed E-state index contributed by atoms with van der Waals surface area (Å²) in [6.45, 7) is 1.85. The van der Waals surface area contributed by atoms with Crippen LogP contribution in [0.2, 0.25) is 0 Å². The lowest BCUT2D eigenvalue weighted by atomic mass is 9.51. The van der Waals surface area contributed by atoms with Crippen molar-refractivity contribution < 1.29 is 24.5 Å². The summed E-state index contributed by atoms with van der Waals surface area (Å²) < 4.78 is 6.50. The minimum atomic E-state index is -1.35. The fraction of sp³-hybridized carbons (Fsp3) is 0.500. The van der Waals surface area contributed by atoms with Crippen LogP contribution in [0.3, 0.4) is 0 Å². The lowest BCUT2D eigenvalue weighted by molar-refractivity contribution is -0.174. The molecule has 0 radical (unpaired) electrons. The highest BCUT2D eigenvalue weighted by Gasteiger charge is 2.64. The van der Waals surface area contributed by atoms with Crippen LogP contribution in [0.1, 0.15) is 73.6 Å². The van der Waals surface area contributed by atoms with Crippen LogP contribution in [0.25, 0.3) is 0 Å². The molecule has 34 heavy (non-hydrogen) atoms. The smallest absolute Gasteiger partial charge is 0.311 e. The van der Waals surface area contributed by atoms with Gasteiger partial charge in [-0.2, -0.15) is 0 Å². The molecule has 2 aromatic carbocycles. The van der Waals surface area contributed by atoms with E-state index in [4.69, 9.17) is 4.74 Å². The van der Waals surface area contributed by atoms with Crippen molar-refractivity contribution in [3.63, 3.8) is 0 Å². The average Bonchev–Trinajstić information content (AvgIpc) is 2.87. The van der Waals surface area contributed by atoms with Crippen molar-refractivity contribution in [1.82, 2.24) is 5.32 Å². The number of aliphatic hydroxyl groups excluding tert-OH is 1. The monoisotopic (exact) mass is 463 g/mol. The largest absolute Gasteiger partial charge is 0.481 e. The number of aliphatic carboxylic acids is 1. The van der Waals surface area contributed by atoms with E-state index >= 15 is 0 Å². The summed E-state index contributed by atoms with van der Waals surface area (Å²) in [5.74, 6) is -3.53. The number of carbonyl (C=O) groups excluding carboxylic acids is 1. The van der Waals surface area contributed by atoms with Gasteiger partial charge in [-0.15, -0.1) is 0 Å². The molecule has 0 heterocycles. The second-order valence-electron chi connectivity index (χ2n) is 9.95. The van der Waals surface area contributed by atoms with E-state index in [0.29, 0.717) is 6.42 Å². The first-order valence-corrected chi connectivity index (χ1v) is 12.5. The molecule has 180 valence electrons. The fourth-order valence-electron chi connectivity index (χ4n) is 6.46. The number of aliphatic hydroxyl groups is 1. The number of fused-ring (bicyclic) bond motifs is 1. The first-order chi connectivity index (χ1) is 16.5. The molecule has 6 nitrogen and oxygen atoms in total. The number of hydrogen-bond acceptors (Lipinski definition) is 4. The second kappa shape index (κ2) is 9.16. The summed E-state index contributed by atoms with van der Waals surface area (Å²) in [5, 5.41) is 24.2. The third kappa shape index (κ3) is 3.55. The highest BCUT2D eigenvalue weighted by atomic mass is 16.5. The molecule has 6 heteroatoms. The van der Waals surface area contributed by atoms with Crippen LogP contribution in [-0.4, -0.2) is 40.8 Å². The number of hydrogen-bond donors (Lipinski definition) is 3. The van der Waals surface area contributed by atoms with Gasteiger partial charge in [-0.3, -0.25) is 9.59 Å². The van der Waals surface area contributed by atoms with Crippen molar-refractivity contribution in [2.24, 2.45) is 11.8 Å². The van der Waals surface area contributed by atoms with E-state index in [9.17, 15) is 19.8 Å². The maximum absolute atomic E-state index is 13.8. The van der Waals surface area contributed by atoms with Crippen LogP contribution in [0.5, 0.6) is 0 Å². The standard InChI is InChI=1S/C28H33NO5/c1-2-18(30)16-34-28-21-14-8-6-12-19(21)23(20-13-7-9-15-22(20)28)24(25(28)27(32)33)26(31)29-17-10-4-3-5-11-17/h6-9,12-15,17-18,23-25,30H,2-5,10-11,16H2,1H3,(H,29,31)(H,32,33). The molecule has 0 aliphatic heterocycles. The van der Waals surface area contributed by atoms with E-state index in [1.165, 1.54) is 6.42 Å². The van der Waals surface area contributed by atoms with Gasteiger partial charge in [0, 0.05) is 12.0 Å². The minimum absolute atomic E-state index is 0.00935. The molecular weight excluding hydrogens is 430 g/mol. The summed E-state index contributed by atoms with van der Waals surface area (Å²) in [5.41, 5.74) is 2.10. The molecule has 4 aliphatic carbocycles. The summed E-state index contributed by atoms with van der Waals surface area (Å²) in [4.78, 5) is 26.8. The number of rotatable bonds is 7. The van der Waals surface area contributed by atoms with Crippen LogP contribution < -0.4 is 5.32 Å². The van der Waals surface area contributed by atoms with Gasteiger partial charge in [0.15, 0.2) is 0 Å². The van der Waals surface area contributed by atoms with Crippen molar-refractivity contribution in [3.05, 3.63) is 70.8 Å². The normalized spacial score (nSPS) is 28.6. The van der Waals surface area contributed by atoms with Crippen molar-refractivity contribution in [2.75, 3.05) is 6.61 Å². The van der Waals surface area contributed by atoms with Crippen LogP contribution in [0, 0.1) is 11.8 Å². The molecule has 0 saturated heterocycles. The number of carboxylic acids is 1. The molecular formula is C28H33NO5. The predicted molar refractivity (Wildman–Crippen MR) is 127 cm³/mol. The Bertz CT molecular complexity index is 1030. The Balaban J connectivity index is 1.68. The average molecular weight is 464 g/mol. The Kier molecular flexibility index (Phi) is 6.21. The van der Waals surface area contributed by atoms with Crippen molar-refractivity contribution in [2.45, 2.75) is 69.1 Å². The second-order valence-corrected chi connectivity index (χ2v) is 9.95. The van der Waals surface area contributed by atoms with E-state index in [1.54, 1.807) is 0 Å². The fourth-order valence-corrected chi connectivity index (χ4v) is 6.46. The number of amides is 1.